The lowest BCUT2D eigenvalue weighted by Crippen LogP contribution is -1.98. The maximum atomic E-state index is 4.77. The first kappa shape index (κ1) is 14.9. The van der Waals surface area contributed by atoms with Crippen LogP contribution in [0.2, 0.25) is 0 Å². The van der Waals surface area contributed by atoms with Gasteiger partial charge in [0.25, 0.3) is 0 Å². The Morgan fingerprint density at radius 2 is 1.96 bits per heavy atom. The summed E-state index contributed by atoms with van der Waals surface area (Å²) in [5.41, 5.74) is 5.63. The van der Waals surface area contributed by atoms with Crippen molar-refractivity contribution < 1.29 is 0 Å². The maximum absolute atomic E-state index is 4.77. The van der Waals surface area contributed by atoms with Gasteiger partial charge in [-0.05, 0) is 38.1 Å². The third-order valence-electron chi connectivity index (χ3n) is 4.62. The van der Waals surface area contributed by atoms with Gasteiger partial charge in [0.1, 0.15) is 5.82 Å². The predicted octanol–water partition coefficient (Wildman–Crippen LogP) is 2.95. The number of rotatable bonds is 3. The third-order valence-corrected chi connectivity index (χ3v) is 4.62. The smallest absolute Gasteiger partial charge is 0.177 e. The predicted molar refractivity (Wildman–Crippen MR) is 99.1 cm³/mol. The van der Waals surface area contributed by atoms with Gasteiger partial charge in [-0.15, -0.1) is 0 Å². The number of H-pyrrole nitrogens is 1. The number of benzene rings is 1. The molecule has 0 atom stereocenters. The van der Waals surface area contributed by atoms with Crippen LogP contribution in [0.5, 0.6) is 0 Å². The van der Waals surface area contributed by atoms with E-state index in [4.69, 9.17) is 4.98 Å². The van der Waals surface area contributed by atoms with Crippen LogP contribution in [0.25, 0.3) is 27.6 Å². The van der Waals surface area contributed by atoms with E-state index in [-0.39, 0.29) is 0 Å². The molecule has 0 unspecified atom stereocenters. The number of aryl methyl sites for hydroxylation is 4. The van der Waals surface area contributed by atoms with Gasteiger partial charge in [-0.2, -0.15) is 5.10 Å². The van der Waals surface area contributed by atoms with Gasteiger partial charge in [0.15, 0.2) is 11.5 Å². The van der Waals surface area contributed by atoms with Crippen LogP contribution < -0.4 is 0 Å². The number of hydrogen-bond donors (Lipinski definition) is 1. The molecule has 0 spiro atoms. The van der Waals surface area contributed by atoms with Crippen LogP contribution in [0.3, 0.4) is 0 Å². The lowest BCUT2D eigenvalue weighted by Gasteiger charge is -1.97. The minimum absolute atomic E-state index is 0.719. The Hall–Kier alpha value is -3.35. The van der Waals surface area contributed by atoms with Crippen LogP contribution in [0.4, 0.5) is 0 Å². The monoisotopic (exact) mass is 343 g/mol. The molecule has 0 aliphatic heterocycles. The Morgan fingerprint density at radius 1 is 1.04 bits per heavy atom. The molecule has 5 rings (SSSR count). The molecule has 26 heavy (non-hydrogen) atoms. The lowest BCUT2D eigenvalue weighted by molar-refractivity contribution is 0.798. The molecule has 0 aliphatic carbocycles. The zero-order valence-electron chi connectivity index (χ0n) is 14.6. The molecule has 7 heteroatoms. The average Bonchev–Trinajstić information content (AvgIpc) is 3.28. The Kier molecular flexibility index (Phi) is 3.21. The van der Waals surface area contributed by atoms with Crippen molar-refractivity contribution >= 4 is 27.6 Å². The van der Waals surface area contributed by atoms with Crippen LogP contribution in [0.1, 0.15) is 23.0 Å². The topological polar surface area (TPSA) is 84.6 Å². The zero-order valence-corrected chi connectivity index (χ0v) is 14.6. The first-order valence-corrected chi connectivity index (χ1v) is 8.59. The highest BCUT2D eigenvalue weighted by Gasteiger charge is 2.11. The summed E-state index contributed by atoms with van der Waals surface area (Å²) in [6.07, 6.45) is 5.09. The van der Waals surface area contributed by atoms with E-state index in [1.165, 1.54) is 0 Å². The first-order valence-electron chi connectivity index (χ1n) is 8.59. The summed E-state index contributed by atoms with van der Waals surface area (Å²) in [6, 6.07) is 8.04. The molecule has 0 amide bonds. The molecule has 0 radical (unpaired) electrons. The van der Waals surface area contributed by atoms with E-state index in [1.807, 2.05) is 42.8 Å². The number of pyridine rings is 1. The van der Waals surface area contributed by atoms with Crippen molar-refractivity contribution in [1.29, 1.82) is 0 Å². The summed E-state index contributed by atoms with van der Waals surface area (Å²) in [7, 11) is 0. The summed E-state index contributed by atoms with van der Waals surface area (Å²) in [6.45, 7) is 3.93. The van der Waals surface area contributed by atoms with Crippen molar-refractivity contribution in [3.8, 4) is 0 Å². The summed E-state index contributed by atoms with van der Waals surface area (Å²) in [5.74, 6) is 1.73. The quantitative estimate of drug-likeness (QED) is 0.544. The van der Waals surface area contributed by atoms with Crippen LogP contribution >= 0.6 is 0 Å². The van der Waals surface area contributed by atoms with Gasteiger partial charge in [0.05, 0.1) is 27.9 Å². The fourth-order valence-corrected chi connectivity index (χ4v) is 3.27. The SMILES string of the molecule is Cc1ncc(C)n2nc(CCc3nc4c(ccc5ncccc54)[nH]3)nc12. The second-order valence-electron chi connectivity index (χ2n) is 6.46. The third kappa shape index (κ3) is 2.32. The van der Waals surface area contributed by atoms with Crippen molar-refractivity contribution in [2.75, 3.05) is 0 Å². The summed E-state index contributed by atoms with van der Waals surface area (Å²) >= 11 is 0. The van der Waals surface area contributed by atoms with Crippen LogP contribution in [0, 0.1) is 13.8 Å². The standard InChI is InChI=1S/C19H17N7/c1-11-10-21-12(2)19-24-17(25-26(11)19)8-7-16-22-15-6-5-14-13(18(15)23-16)4-3-9-20-14/h3-6,9-10H,7-8H2,1-2H3,(H,22,23). The number of imidazole rings is 1. The number of aromatic nitrogens is 7. The maximum Gasteiger partial charge on any atom is 0.177 e. The van der Waals surface area contributed by atoms with Crippen LogP contribution in [0.15, 0.2) is 36.7 Å². The Morgan fingerprint density at radius 3 is 2.85 bits per heavy atom. The minimum Gasteiger partial charge on any atom is -0.342 e. The second-order valence-corrected chi connectivity index (χ2v) is 6.46. The van der Waals surface area contributed by atoms with Crippen LogP contribution in [-0.2, 0) is 12.8 Å². The molecule has 0 fully saturated rings. The Balaban J connectivity index is 1.47. The molecule has 4 aromatic heterocycles. The van der Waals surface area contributed by atoms with Crippen molar-refractivity contribution in [2.45, 2.75) is 26.7 Å². The van der Waals surface area contributed by atoms with Gasteiger partial charge in [0, 0.05) is 30.6 Å². The van der Waals surface area contributed by atoms with Gasteiger partial charge in [-0.1, -0.05) is 0 Å². The summed E-state index contributed by atoms with van der Waals surface area (Å²) in [4.78, 5) is 21.5. The van der Waals surface area contributed by atoms with Crippen LogP contribution in [-0.4, -0.2) is 34.5 Å². The zero-order chi connectivity index (χ0) is 17.7. The van der Waals surface area contributed by atoms with Gasteiger partial charge in [-0.25, -0.2) is 14.5 Å². The lowest BCUT2D eigenvalue weighted by atomic mass is 10.2. The van der Waals surface area contributed by atoms with Crippen molar-refractivity contribution in [2.24, 2.45) is 0 Å². The number of nitrogens with one attached hydrogen (secondary N) is 1. The van der Waals surface area contributed by atoms with E-state index in [0.717, 1.165) is 63.5 Å². The van der Waals surface area contributed by atoms with Crippen molar-refractivity contribution in [3.63, 3.8) is 0 Å². The largest absolute Gasteiger partial charge is 0.342 e. The number of nitrogens with zero attached hydrogens (tertiary/aromatic N) is 6. The fraction of sp³-hybridized carbons (Fsp3) is 0.211. The number of hydrogen-bond acceptors (Lipinski definition) is 5. The molecular formula is C19H17N7. The molecule has 0 bridgehead atoms. The van der Waals surface area contributed by atoms with Gasteiger partial charge in [-0.3, -0.25) is 9.97 Å². The van der Waals surface area contributed by atoms with E-state index in [0.29, 0.717) is 0 Å². The van der Waals surface area contributed by atoms with Gasteiger partial charge < -0.3 is 4.98 Å². The minimum atomic E-state index is 0.719. The molecule has 4 heterocycles. The van der Waals surface area contributed by atoms with Gasteiger partial charge in [0.2, 0.25) is 0 Å². The molecule has 1 aromatic carbocycles. The molecule has 7 nitrogen and oxygen atoms in total. The summed E-state index contributed by atoms with van der Waals surface area (Å²) in [5, 5.41) is 5.67. The van der Waals surface area contributed by atoms with E-state index in [9.17, 15) is 0 Å². The molecule has 0 saturated heterocycles. The van der Waals surface area contributed by atoms with E-state index < -0.39 is 0 Å². The molecule has 5 aromatic rings. The molecule has 0 saturated carbocycles. The van der Waals surface area contributed by atoms with Crippen molar-refractivity contribution in [1.82, 2.24) is 34.5 Å². The second kappa shape index (κ2) is 5.59. The molecular weight excluding hydrogens is 326 g/mol. The highest BCUT2D eigenvalue weighted by molar-refractivity contribution is 6.02. The molecule has 0 aliphatic rings. The molecule has 1 N–H and O–H groups in total. The highest BCUT2D eigenvalue weighted by Crippen LogP contribution is 2.22. The Labute approximate surface area is 149 Å². The first-order chi connectivity index (χ1) is 12.7. The average molecular weight is 343 g/mol. The van der Waals surface area contributed by atoms with E-state index in [2.05, 4.69) is 31.1 Å². The molecule has 128 valence electrons. The van der Waals surface area contributed by atoms with E-state index in [1.54, 1.807) is 6.20 Å². The summed E-state index contributed by atoms with van der Waals surface area (Å²) < 4.78 is 1.86. The number of aromatic amines is 1. The Bertz CT molecular complexity index is 1230. The highest BCUT2D eigenvalue weighted by atomic mass is 15.3. The fourth-order valence-electron chi connectivity index (χ4n) is 3.27. The normalized spacial score (nSPS) is 11.8. The van der Waals surface area contributed by atoms with Crippen molar-refractivity contribution in [3.05, 3.63) is 59.7 Å². The number of fused-ring (bicyclic) bond motifs is 4. The van der Waals surface area contributed by atoms with E-state index >= 15 is 0 Å². The van der Waals surface area contributed by atoms with Gasteiger partial charge >= 0.3 is 0 Å².